The van der Waals surface area contributed by atoms with E-state index in [0.29, 0.717) is 11.5 Å². The third-order valence-corrected chi connectivity index (χ3v) is 3.58. The van der Waals surface area contributed by atoms with Crippen molar-refractivity contribution >= 4 is 5.91 Å². The van der Waals surface area contributed by atoms with E-state index in [1.54, 1.807) is 6.07 Å². The third-order valence-electron chi connectivity index (χ3n) is 3.58. The lowest BCUT2D eigenvalue weighted by molar-refractivity contribution is 0.0991. The van der Waals surface area contributed by atoms with Crippen LogP contribution < -0.4 is 10.5 Å². The summed E-state index contributed by atoms with van der Waals surface area (Å²) >= 11 is 0. The van der Waals surface area contributed by atoms with Gasteiger partial charge in [-0.2, -0.15) is 0 Å². The van der Waals surface area contributed by atoms with E-state index < -0.39 is 23.1 Å². The van der Waals surface area contributed by atoms with Crippen LogP contribution in [0.5, 0.6) is 5.75 Å². The number of carbonyl (C=O) groups is 1. The number of aromatic nitrogens is 1. The molecule has 0 radical (unpaired) electrons. The Labute approximate surface area is 142 Å². The number of rotatable bonds is 5. The van der Waals surface area contributed by atoms with Gasteiger partial charge in [-0.25, -0.2) is 8.78 Å². The number of hydrogen-bond acceptors (Lipinski definition) is 4. The summed E-state index contributed by atoms with van der Waals surface area (Å²) in [6.45, 7) is 1.84. The maximum absolute atomic E-state index is 14.1. The van der Waals surface area contributed by atoms with Gasteiger partial charge in [-0.05, 0) is 19.1 Å². The van der Waals surface area contributed by atoms with Crippen LogP contribution in [0.15, 0.2) is 47.0 Å². The van der Waals surface area contributed by atoms with Gasteiger partial charge in [0, 0.05) is 11.6 Å². The molecule has 128 valence electrons. The van der Waals surface area contributed by atoms with Crippen LogP contribution in [0.2, 0.25) is 0 Å². The van der Waals surface area contributed by atoms with Gasteiger partial charge in [-0.15, -0.1) is 0 Å². The summed E-state index contributed by atoms with van der Waals surface area (Å²) in [7, 11) is 0. The molecule has 1 aromatic heterocycles. The molecule has 0 atom stereocenters. The van der Waals surface area contributed by atoms with E-state index in [0.717, 1.165) is 23.3 Å². The van der Waals surface area contributed by atoms with Crippen LogP contribution in [0.4, 0.5) is 8.78 Å². The predicted octanol–water partition coefficient (Wildman–Crippen LogP) is 3.61. The van der Waals surface area contributed by atoms with Crippen molar-refractivity contribution < 1.29 is 22.8 Å². The fourth-order valence-corrected chi connectivity index (χ4v) is 2.26. The molecule has 0 aliphatic heterocycles. The second-order valence-corrected chi connectivity index (χ2v) is 5.43. The van der Waals surface area contributed by atoms with Gasteiger partial charge >= 0.3 is 0 Å². The van der Waals surface area contributed by atoms with Crippen LogP contribution in [0.3, 0.4) is 0 Å². The van der Waals surface area contributed by atoms with Gasteiger partial charge < -0.3 is 15.0 Å². The lowest BCUT2D eigenvalue weighted by Gasteiger charge is -2.08. The van der Waals surface area contributed by atoms with Crippen molar-refractivity contribution in [2.75, 3.05) is 0 Å². The molecule has 1 heterocycles. The minimum absolute atomic E-state index is 0.139. The van der Waals surface area contributed by atoms with E-state index >= 15 is 0 Å². The molecule has 0 saturated heterocycles. The highest BCUT2D eigenvalue weighted by atomic mass is 19.1. The van der Waals surface area contributed by atoms with Crippen molar-refractivity contribution in [2.24, 2.45) is 5.73 Å². The van der Waals surface area contributed by atoms with E-state index in [1.165, 1.54) is 0 Å². The molecule has 0 aliphatic rings. The van der Waals surface area contributed by atoms with Gasteiger partial charge in [0.15, 0.2) is 17.3 Å². The van der Waals surface area contributed by atoms with E-state index in [-0.39, 0.29) is 12.4 Å². The number of nitrogens with two attached hydrogens (primary N) is 1. The first-order chi connectivity index (χ1) is 12.0. The number of aryl methyl sites for hydroxylation is 1. The summed E-state index contributed by atoms with van der Waals surface area (Å²) < 4.78 is 37.9. The average Bonchev–Trinajstić information content (AvgIpc) is 3.03. The van der Waals surface area contributed by atoms with E-state index in [1.807, 2.05) is 31.2 Å². The van der Waals surface area contributed by atoms with E-state index in [2.05, 4.69) is 5.16 Å². The molecule has 0 spiro atoms. The van der Waals surface area contributed by atoms with Gasteiger partial charge in [0.1, 0.15) is 23.7 Å². The van der Waals surface area contributed by atoms with E-state index in [4.69, 9.17) is 15.0 Å². The Hall–Kier alpha value is -3.22. The van der Waals surface area contributed by atoms with Crippen LogP contribution in [-0.4, -0.2) is 11.1 Å². The number of ether oxygens (including phenoxy) is 1. The van der Waals surface area contributed by atoms with Crippen molar-refractivity contribution in [1.82, 2.24) is 5.16 Å². The van der Waals surface area contributed by atoms with Crippen molar-refractivity contribution in [2.45, 2.75) is 13.5 Å². The van der Waals surface area contributed by atoms with Gasteiger partial charge in [-0.3, -0.25) is 4.79 Å². The molecule has 2 aromatic carbocycles. The standard InChI is InChI=1S/C18H14F2N2O3/c1-10-2-4-11(5-3-10)14-8-12(25-22-14)9-24-15-7-6-13(19)16(17(15)20)18(21)23/h2-8H,9H2,1H3,(H2,21,23). The fraction of sp³-hybridized carbons (Fsp3) is 0.111. The number of benzene rings is 2. The first-order valence-corrected chi connectivity index (χ1v) is 7.39. The maximum atomic E-state index is 14.1. The Balaban J connectivity index is 1.76. The maximum Gasteiger partial charge on any atom is 0.254 e. The minimum atomic E-state index is -1.21. The van der Waals surface area contributed by atoms with Gasteiger partial charge in [0.25, 0.3) is 5.91 Å². The molecule has 1 amide bonds. The second-order valence-electron chi connectivity index (χ2n) is 5.43. The monoisotopic (exact) mass is 344 g/mol. The molecule has 3 rings (SSSR count). The van der Waals surface area contributed by atoms with Gasteiger partial charge in [-0.1, -0.05) is 35.0 Å². The highest BCUT2D eigenvalue weighted by Gasteiger charge is 2.19. The Morgan fingerprint density at radius 1 is 1.20 bits per heavy atom. The highest BCUT2D eigenvalue weighted by molar-refractivity contribution is 5.93. The lowest BCUT2D eigenvalue weighted by Crippen LogP contribution is -2.16. The molecule has 25 heavy (non-hydrogen) atoms. The third kappa shape index (κ3) is 3.50. The second kappa shape index (κ2) is 6.72. The van der Waals surface area contributed by atoms with Crippen molar-refractivity contribution in [3.8, 4) is 17.0 Å². The minimum Gasteiger partial charge on any atom is -0.482 e. The SMILES string of the molecule is Cc1ccc(-c2cc(COc3ccc(F)c(C(N)=O)c3F)on2)cc1. The molecule has 5 nitrogen and oxygen atoms in total. The molecule has 0 aliphatic carbocycles. The first-order valence-electron chi connectivity index (χ1n) is 7.39. The fourth-order valence-electron chi connectivity index (χ4n) is 2.26. The highest BCUT2D eigenvalue weighted by Crippen LogP contribution is 2.25. The quantitative estimate of drug-likeness (QED) is 0.767. The Morgan fingerprint density at radius 2 is 1.92 bits per heavy atom. The zero-order valence-corrected chi connectivity index (χ0v) is 13.3. The summed E-state index contributed by atoms with van der Waals surface area (Å²) in [5.74, 6) is -3.35. The summed E-state index contributed by atoms with van der Waals surface area (Å²) in [4.78, 5) is 11.1. The number of hydrogen-bond donors (Lipinski definition) is 1. The molecule has 0 unspecified atom stereocenters. The summed E-state index contributed by atoms with van der Waals surface area (Å²) in [5.41, 5.74) is 6.72. The number of halogens is 2. The molecule has 0 saturated carbocycles. The number of amides is 1. The summed E-state index contributed by atoms with van der Waals surface area (Å²) in [6, 6.07) is 11.3. The molecule has 3 aromatic rings. The van der Waals surface area contributed by atoms with E-state index in [9.17, 15) is 13.6 Å². The molecule has 2 N–H and O–H groups in total. The number of nitrogens with zero attached hydrogens (tertiary/aromatic N) is 1. The van der Waals surface area contributed by atoms with Crippen LogP contribution in [0.25, 0.3) is 11.3 Å². The Morgan fingerprint density at radius 3 is 2.60 bits per heavy atom. The molecule has 0 bridgehead atoms. The largest absolute Gasteiger partial charge is 0.482 e. The van der Waals surface area contributed by atoms with Crippen LogP contribution in [-0.2, 0) is 6.61 Å². The molecule has 7 heteroatoms. The molecular weight excluding hydrogens is 330 g/mol. The smallest absolute Gasteiger partial charge is 0.254 e. The zero-order valence-electron chi connectivity index (χ0n) is 13.3. The lowest BCUT2D eigenvalue weighted by atomic mass is 10.1. The average molecular weight is 344 g/mol. The Bertz CT molecular complexity index is 921. The number of carbonyl (C=O) groups excluding carboxylic acids is 1. The first kappa shape index (κ1) is 16.6. The van der Waals surface area contributed by atoms with Crippen LogP contribution in [0, 0.1) is 18.6 Å². The van der Waals surface area contributed by atoms with Crippen molar-refractivity contribution in [1.29, 1.82) is 0 Å². The zero-order chi connectivity index (χ0) is 18.0. The molecule has 0 fully saturated rings. The van der Waals surface area contributed by atoms with Crippen molar-refractivity contribution in [3.05, 3.63) is 71.0 Å². The molecular formula is C18H14F2N2O3. The van der Waals surface area contributed by atoms with Gasteiger partial charge in [0.2, 0.25) is 0 Å². The topological polar surface area (TPSA) is 78.4 Å². The van der Waals surface area contributed by atoms with Crippen LogP contribution >= 0.6 is 0 Å². The predicted molar refractivity (Wildman–Crippen MR) is 85.9 cm³/mol. The Kier molecular flexibility index (Phi) is 4.47. The number of primary amides is 1. The van der Waals surface area contributed by atoms with Gasteiger partial charge in [0.05, 0.1) is 0 Å². The normalized spacial score (nSPS) is 10.7. The summed E-state index contributed by atoms with van der Waals surface area (Å²) in [5, 5.41) is 3.93. The summed E-state index contributed by atoms with van der Waals surface area (Å²) in [6.07, 6.45) is 0. The van der Waals surface area contributed by atoms with Crippen molar-refractivity contribution in [3.63, 3.8) is 0 Å². The van der Waals surface area contributed by atoms with Crippen LogP contribution in [0.1, 0.15) is 21.7 Å².